The maximum Gasteiger partial charge on any atom is 0.290 e. The van der Waals surface area contributed by atoms with Crippen molar-refractivity contribution in [2.24, 2.45) is 0 Å². The summed E-state index contributed by atoms with van der Waals surface area (Å²) in [4.78, 5) is 14.3. The smallest absolute Gasteiger partial charge is 0.290 e. The number of amides is 1. The standard InChI is InChI=1S/C18H21NO4/c1-18(2,21)15-9-6-12-19(15)17(20)14-10-11-16(23-14)22-13-7-4-3-5-8-13/h3-5,7-8,10-11,15,21H,6,9,12H2,1-2H3. The summed E-state index contributed by atoms with van der Waals surface area (Å²) >= 11 is 0. The van der Waals surface area contributed by atoms with Gasteiger partial charge in [-0.15, -0.1) is 0 Å². The van der Waals surface area contributed by atoms with E-state index in [1.807, 2.05) is 30.3 Å². The van der Waals surface area contributed by atoms with Gasteiger partial charge in [-0.2, -0.15) is 0 Å². The SMILES string of the molecule is CC(C)(O)C1CCCN1C(=O)c1ccc(Oc2ccccc2)o1. The van der Waals surface area contributed by atoms with Crippen molar-refractivity contribution in [3.05, 3.63) is 48.2 Å². The predicted molar refractivity (Wildman–Crippen MR) is 85.6 cm³/mol. The summed E-state index contributed by atoms with van der Waals surface area (Å²) in [6.45, 7) is 4.09. The Balaban J connectivity index is 1.74. The number of furan rings is 1. The number of likely N-dealkylation sites (tertiary alicyclic amines) is 1. The van der Waals surface area contributed by atoms with Gasteiger partial charge in [0.2, 0.25) is 0 Å². The van der Waals surface area contributed by atoms with Gasteiger partial charge >= 0.3 is 0 Å². The molecule has 1 atom stereocenters. The van der Waals surface area contributed by atoms with Crippen LogP contribution in [0.5, 0.6) is 11.7 Å². The largest absolute Gasteiger partial charge is 0.426 e. The fourth-order valence-electron chi connectivity index (χ4n) is 2.98. The Labute approximate surface area is 135 Å². The first-order valence-corrected chi connectivity index (χ1v) is 7.81. The Bertz CT molecular complexity index is 672. The van der Waals surface area contributed by atoms with Crippen molar-refractivity contribution in [1.29, 1.82) is 0 Å². The highest BCUT2D eigenvalue weighted by Gasteiger charge is 2.39. The summed E-state index contributed by atoms with van der Waals surface area (Å²) < 4.78 is 11.1. The third kappa shape index (κ3) is 3.40. The van der Waals surface area contributed by atoms with E-state index in [-0.39, 0.29) is 23.7 Å². The van der Waals surface area contributed by atoms with E-state index in [0.717, 1.165) is 12.8 Å². The number of aliphatic hydroxyl groups is 1. The number of carbonyl (C=O) groups excluding carboxylic acids is 1. The van der Waals surface area contributed by atoms with Gasteiger partial charge in [0.05, 0.1) is 11.6 Å². The lowest BCUT2D eigenvalue weighted by atomic mass is 9.96. The van der Waals surface area contributed by atoms with Crippen molar-refractivity contribution in [2.45, 2.75) is 38.3 Å². The maximum atomic E-state index is 12.6. The van der Waals surface area contributed by atoms with Crippen molar-refractivity contribution in [2.75, 3.05) is 6.54 Å². The molecule has 1 unspecified atom stereocenters. The van der Waals surface area contributed by atoms with E-state index in [9.17, 15) is 9.90 Å². The highest BCUT2D eigenvalue weighted by molar-refractivity contribution is 5.92. The van der Waals surface area contributed by atoms with Gasteiger partial charge in [0.1, 0.15) is 5.75 Å². The Morgan fingerprint density at radius 2 is 2.00 bits per heavy atom. The minimum atomic E-state index is -0.928. The van der Waals surface area contributed by atoms with Crippen molar-refractivity contribution >= 4 is 5.91 Å². The number of carbonyl (C=O) groups is 1. The quantitative estimate of drug-likeness (QED) is 0.938. The van der Waals surface area contributed by atoms with Crippen molar-refractivity contribution < 1.29 is 19.1 Å². The molecule has 1 aliphatic rings. The lowest BCUT2D eigenvalue weighted by Gasteiger charge is -2.33. The first-order valence-electron chi connectivity index (χ1n) is 7.81. The van der Waals surface area contributed by atoms with Gasteiger partial charge in [0.15, 0.2) is 5.76 Å². The third-order valence-corrected chi connectivity index (χ3v) is 4.08. The monoisotopic (exact) mass is 315 g/mol. The molecule has 5 nitrogen and oxygen atoms in total. The lowest BCUT2D eigenvalue weighted by molar-refractivity contribution is -0.000861. The molecule has 1 aromatic carbocycles. The molecule has 1 aromatic heterocycles. The van der Waals surface area contributed by atoms with Gasteiger partial charge in [-0.1, -0.05) is 18.2 Å². The minimum Gasteiger partial charge on any atom is -0.426 e. The average Bonchev–Trinajstić information content (AvgIpc) is 3.16. The molecule has 1 N–H and O–H groups in total. The van der Waals surface area contributed by atoms with E-state index in [1.54, 1.807) is 30.9 Å². The van der Waals surface area contributed by atoms with Crippen molar-refractivity contribution in [1.82, 2.24) is 4.90 Å². The van der Waals surface area contributed by atoms with Crippen LogP contribution in [0.25, 0.3) is 0 Å². The topological polar surface area (TPSA) is 62.9 Å². The summed E-state index contributed by atoms with van der Waals surface area (Å²) in [6, 6.07) is 12.3. The van der Waals surface area contributed by atoms with Crippen LogP contribution in [0.2, 0.25) is 0 Å². The van der Waals surface area contributed by atoms with Gasteiger partial charge < -0.3 is 19.2 Å². The summed E-state index contributed by atoms with van der Waals surface area (Å²) in [7, 11) is 0. The molecular formula is C18H21NO4. The molecular weight excluding hydrogens is 294 g/mol. The molecule has 3 rings (SSSR count). The van der Waals surface area contributed by atoms with E-state index in [1.165, 1.54) is 0 Å². The van der Waals surface area contributed by atoms with Gasteiger partial charge in [-0.3, -0.25) is 4.79 Å². The Morgan fingerprint density at radius 3 is 2.70 bits per heavy atom. The summed E-state index contributed by atoms with van der Waals surface area (Å²) in [5, 5.41) is 10.2. The van der Waals surface area contributed by atoms with Crippen LogP contribution >= 0.6 is 0 Å². The van der Waals surface area contributed by atoms with Crippen LogP contribution in [0.1, 0.15) is 37.2 Å². The van der Waals surface area contributed by atoms with Gasteiger partial charge in [0, 0.05) is 12.6 Å². The Morgan fingerprint density at radius 1 is 1.26 bits per heavy atom. The molecule has 1 aliphatic heterocycles. The van der Waals surface area contributed by atoms with E-state index in [0.29, 0.717) is 12.3 Å². The van der Waals surface area contributed by atoms with E-state index >= 15 is 0 Å². The highest BCUT2D eigenvalue weighted by Crippen LogP contribution is 2.30. The van der Waals surface area contributed by atoms with E-state index in [2.05, 4.69) is 0 Å². The molecule has 122 valence electrons. The van der Waals surface area contributed by atoms with Crippen molar-refractivity contribution in [3.63, 3.8) is 0 Å². The minimum absolute atomic E-state index is 0.196. The van der Waals surface area contributed by atoms with Gasteiger partial charge in [-0.25, -0.2) is 0 Å². The highest BCUT2D eigenvalue weighted by atomic mass is 16.6. The molecule has 2 aromatic rings. The number of para-hydroxylation sites is 1. The number of hydrogen-bond acceptors (Lipinski definition) is 4. The van der Waals surface area contributed by atoms with E-state index in [4.69, 9.17) is 9.15 Å². The van der Waals surface area contributed by atoms with Gasteiger partial charge in [-0.05, 0) is 44.9 Å². The van der Waals surface area contributed by atoms with Crippen LogP contribution in [-0.2, 0) is 0 Å². The van der Waals surface area contributed by atoms with Crippen LogP contribution in [0.4, 0.5) is 0 Å². The zero-order valence-electron chi connectivity index (χ0n) is 13.4. The molecule has 2 heterocycles. The van der Waals surface area contributed by atoms with Crippen LogP contribution in [0, 0.1) is 0 Å². The summed E-state index contributed by atoms with van der Waals surface area (Å²) in [5.74, 6) is 0.944. The van der Waals surface area contributed by atoms with Crippen LogP contribution < -0.4 is 4.74 Å². The number of rotatable bonds is 4. The molecule has 0 bridgehead atoms. The first-order chi connectivity index (χ1) is 10.9. The second kappa shape index (κ2) is 6.08. The van der Waals surface area contributed by atoms with E-state index < -0.39 is 5.60 Å². The molecule has 1 saturated heterocycles. The molecule has 1 fully saturated rings. The molecule has 0 aliphatic carbocycles. The average molecular weight is 315 g/mol. The van der Waals surface area contributed by atoms with Gasteiger partial charge in [0.25, 0.3) is 11.9 Å². The Hall–Kier alpha value is -2.27. The second-order valence-corrected chi connectivity index (χ2v) is 6.34. The maximum absolute atomic E-state index is 12.6. The molecule has 0 radical (unpaired) electrons. The predicted octanol–water partition coefficient (Wildman–Crippen LogP) is 3.45. The first kappa shape index (κ1) is 15.6. The lowest BCUT2D eigenvalue weighted by Crippen LogP contribution is -2.48. The van der Waals surface area contributed by atoms with Crippen molar-refractivity contribution in [3.8, 4) is 11.7 Å². The van der Waals surface area contributed by atoms with Crippen LogP contribution in [0.3, 0.4) is 0 Å². The number of benzene rings is 1. The second-order valence-electron chi connectivity index (χ2n) is 6.34. The fourth-order valence-corrected chi connectivity index (χ4v) is 2.98. The van der Waals surface area contributed by atoms with Crippen LogP contribution in [-0.4, -0.2) is 34.1 Å². The number of hydrogen-bond donors (Lipinski definition) is 1. The molecule has 0 spiro atoms. The molecule has 5 heteroatoms. The zero-order valence-corrected chi connectivity index (χ0v) is 13.4. The molecule has 0 saturated carbocycles. The Kier molecular flexibility index (Phi) is 4.13. The summed E-state index contributed by atoms with van der Waals surface area (Å²) in [5.41, 5.74) is -0.928. The number of nitrogens with zero attached hydrogens (tertiary/aromatic N) is 1. The zero-order chi connectivity index (χ0) is 16.4. The molecule has 1 amide bonds. The van der Waals surface area contributed by atoms with Crippen LogP contribution in [0.15, 0.2) is 46.9 Å². The fraction of sp³-hybridized carbons (Fsp3) is 0.389. The molecule has 23 heavy (non-hydrogen) atoms. The third-order valence-electron chi connectivity index (χ3n) is 4.08. The normalized spacial score (nSPS) is 18.2. The number of ether oxygens (including phenoxy) is 1. The summed E-state index contributed by atoms with van der Waals surface area (Å²) in [6.07, 6.45) is 1.68.